The first-order valence-corrected chi connectivity index (χ1v) is 14.9. The zero-order valence-corrected chi connectivity index (χ0v) is 25.0. The number of halogens is 1. The van der Waals surface area contributed by atoms with Crippen LogP contribution in [0.15, 0.2) is 41.5 Å². The predicted octanol–water partition coefficient (Wildman–Crippen LogP) is 5.34. The lowest BCUT2D eigenvalue weighted by molar-refractivity contribution is -0.142. The fourth-order valence-corrected chi connectivity index (χ4v) is 7.02. The van der Waals surface area contributed by atoms with Crippen molar-refractivity contribution in [3.05, 3.63) is 68.7 Å². The van der Waals surface area contributed by atoms with E-state index in [9.17, 15) is 14.4 Å². The number of piperidine rings is 1. The first-order valence-electron chi connectivity index (χ1n) is 14.5. The molecule has 1 fully saturated rings. The molecule has 9 heteroatoms. The average Bonchev–Trinajstić information content (AvgIpc) is 3.53. The topological polar surface area (TPSA) is 94.2 Å². The van der Waals surface area contributed by atoms with Crippen molar-refractivity contribution in [1.82, 2.24) is 24.3 Å². The highest BCUT2D eigenvalue weighted by molar-refractivity contribution is 6.35. The van der Waals surface area contributed by atoms with Crippen LogP contribution >= 0.6 is 11.6 Å². The standard InChI is InChI=1S/C32H38ClN5O3/c1-32(2,3)18-38-17-24-20(14-25(33)29-22(24)5-9-34-29)13-21(31(38)41)15-28(39)37-11-6-19(7-12-37)23-16-27-26(35-30(23)40)8-10-36(27)4/h5,8-10,14,16,19,21,34H,6-7,11-13,15,17-18H2,1-4H3,(H,35,40). The third kappa shape index (κ3) is 5.30. The number of rotatable bonds is 4. The number of pyridine rings is 1. The van der Waals surface area contributed by atoms with Crippen molar-refractivity contribution in [2.24, 2.45) is 18.4 Å². The van der Waals surface area contributed by atoms with Crippen molar-refractivity contribution in [3.8, 4) is 0 Å². The van der Waals surface area contributed by atoms with Gasteiger partial charge in [-0.1, -0.05) is 32.4 Å². The van der Waals surface area contributed by atoms with Crippen LogP contribution in [0.2, 0.25) is 5.02 Å². The number of hydrogen-bond acceptors (Lipinski definition) is 3. The molecule has 0 aliphatic carbocycles. The maximum absolute atomic E-state index is 13.9. The van der Waals surface area contributed by atoms with E-state index in [1.54, 1.807) is 0 Å². The maximum atomic E-state index is 13.9. The first-order chi connectivity index (χ1) is 19.5. The Morgan fingerprint density at radius 3 is 2.61 bits per heavy atom. The van der Waals surface area contributed by atoms with E-state index in [1.165, 1.54) is 0 Å². The van der Waals surface area contributed by atoms with Crippen molar-refractivity contribution in [1.29, 1.82) is 0 Å². The third-order valence-corrected chi connectivity index (χ3v) is 9.07. The molecule has 8 nitrogen and oxygen atoms in total. The number of amides is 2. The fourth-order valence-electron chi connectivity index (χ4n) is 6.74. The molecule has 0 radical (unpaired) electrons. The lowest BCUT2D eigenvalue weighted by atomic mass is 9.89. The second-order valence-corrected chi connectivity index (χ2v) is 13.5. The Hall–Kier alpha value is -3.52. The molecule has 216 valence electrons. The summed E-state index contributed by atoms with van der Waals surface area (Å²) in [5.74, 6) is -0.316. The average molecular weight is 576 g/mol. The number of H-pyrrole nitrogens is 2. The molecular formula is C32H38ClN5O3. The fraction of sp³-hybridized carbons (Fsp3) is 0.469. The smallest absolute Gasteiger partial charge is 0.252 e. The maximum Gasteiger partial charge on any atom is 0.252 e. The minimum absolute atomic E-state index is 0.00146. The van der Waals surface area contributed by atoms with Gasteiger partial charge in [-0.15, -0.1) is 0 Å². The molecule has 0 saturated carbocycles. The molecule has 5 heterocycles. The van der Waals surface area contributed by atoms with Gasteiger partial charge >= 0.3 is 0 Å². The van der Waals surface area contributed by atoms with Crippen molar-refractivity contribution in [2.75, 3.05) is 19.6 Å². The number of nitrogens with zero attached hydrogens (tertiary/aromatic N) is 3. The number of aromatic amines is 2. The van der Waals surface area contributed by atoms with Crippen LogP contribution in [0.5, 0.6) is 0 Å². The molecule has 6 rings (SSSR count). The Balaban J connectivity index is 1.20. The summed E-state index contributed by atoms with van der Waals surface area (Å²) < 4.78 is 2.01. The van der Waals surface area contributed by atoms with Crippen LogP contribution in [0.25, 0.3) is 21.9 Å². The monoisotopic (exact) mass is 575 g/mol. The molecule has 1 aromatic carbocycles. The summed E-state index contributed by atoms with van der Waals surface area (Å²) in [6, 6.07) is 7.89. The Morgan fingerprint density at radius 1 is 1.12 bits per heavy atom. The molecule has 1 atom stereocenters. The van der Waals surface area contributed by atoms with E-state index in [4.69, 9.17) is 11.6 Å². The van der Waals surface area contributed by atoms with Gasteiger partial charge in [0.15, 0.2) is 0 Å². The predicted molar refractivity (Wildman–Crippen MR) is 162 cm³/mol. The first kappa shape index (κ1) is 27.6. The van der Waals surface area contributed by atoms with Gasteiger partial charge in [0.1, 0.15) is 0 Å². The van der Waals surface area contributed by atoms with Crippen LogP contribution in [0.1, 0.15) is 62.6 Å². The SMILES string of the molecule is Cn1ccc2[nH]c(=O)c(C3CCN(C(=O)CC4Cc5cc(Cl)c6[nH]ccc6c5CN(CC(C)(C)C)C4=O)CC3)cc21. The van der Waals surface area contributed by atoms with E-state index in [0.29, 0.717) is 37.6 Å². The van der Waals surface area contributed by atoms with Crippen LogP contribution < -0.4 is 5.56 Å². The number of hydrogen-bond donors (Lipinski definition) is 2. The number of aromatic nitrogens is 3. The van der Waals surface area contributed by atoms with E-state index >= 15 is 0 Å². The van der Waals surface area contributed by atoms with Gasteiger partial charge in [-0.05, 0) is 66.0 Å². The van der Waals surface area contributed by atoms with Crippen LogP contribution in [0, 0.1) is 11.3 Å². The number of fused-ring (bicyclic) bond motifs is 4. The number of likely N-dealkylation sites (tertiary alicyclic amines) is 1. The van der Waals surface area contributed by atoms with Gasteiger partial charge in [0.05, 0.1) is 27.5 Å². The Bertz CT molecular complexity index is 1700. The van der Waals surface area contributed by atoms with E-state index in [0.717, 1.165) is 51.5 Å². The summed E-state index contributed by atoms with van der Waals surface area (Å²) in [7, 11) is 1.97. The molecule has 2 aliphatic rings. The number of benzene rings is 1. The zero-order valence-electron chi connectivity index (χ0n) is 24.2. The summed E-state index contributed by atoms with van der Waals surface area (Å²) in [6.45, 7) is 8.66. The third-order valence-electron chi connectivity index (χ3n) is 8.77. The quantitative estimate of drug-likeness (QED) is 0.344. The molecule has 2 amide bonds. The highest BCUT2D eigenvalue weighted by Crippen LogP contribution is 2.36. The van der Waals surface area contributed by atoms with E-state index in [-0.39, 0.29) is 35.1 Å². The number of aryl methyl sites for hydroxylation is 1. The Kier molecular flexibility index (Phi) is 7.00. The second-order valence-electron chi connectivity index (χ2n) is 13.1. The summed E-state index contributed by atoms with van der Waals surface area (Å²) in [4.78, 5) is 50.4. The molecule has 3 aromatic heterocycles. The van der Waals surface area contributed by atoms with E-state index in [2.05, 4.69) is 30.7 Å². The number of carbonyl (C=O) groups is 2. The largest absolute Gasteiger partial charge is 0.360 e. The molecule has 0 bridgehead atoms. The summed E-state index contributed by atoms with van der Waals surface area (Å²) in [6.07, 6.45) is 5.93. The van der Waals surface area contributed by atoms with Crippen molar-refractivity contribution in [3.63, 3.8) is 0 Å². The van der Waals surface area contributed by atoms with Gasteiger partial charge < -0.3 is 24.3 Å². The van der Waals surface area contributed by atoms with Crippen LogP contribution in [0.3, 0.4) is 0 Å². The molecule has 1 saturated heterocycles. The van der Waals surface area contributed by atoms with Crippen LogP contribution in [0.4, 0.5) is 0 Å². The molecule has 0 spiro atoms. The van der Waals surface area contributed by atoms with Gasteiger partial charge in [-0.3, -0.25) is 14.4 Å². The van der Waals surface area contributed by atoms with Gasteiger partial charge in [0.25, 0.3) is 5.56 Å². The molecule has 2 aliphatic heterocycles. The van der Waals surface area contributed by atoms with E-state index < -0.39 is 5.92 Å². The normalized spacial score (nSPS) is 18.8. The van der Waals surface area contributed by atoms with Gasteiger partial charge in [-0.2, -0.15) is 0 Å². The molecule has 1 unspecified atom stereocenters. The number of carbonyl (C=O) groups excluding carboxylic acids is 2. The summed E-state index contributed by atoms with van der Waals surface area (Å²) in [5.41, 5.74) is 5.53. The van der Waals surface area contributed by atoms with Crippen molar-refractivity contribution < 1.29 is 9.59 Å². The van der Waals surface area contributed by atoms with Crippen molar-refractivity contribution in [2.45, 2.75) is 58.9 Å². The molecular weight excluding hydrogens is 538 g/mol. The van der Waals surface area contributed by atoms with Gasteiger partial charge in [0.2, 0.25) is 11.8 Å². The summed E-state index contributed by atoms with van der Waals surface area (Å²) in [5, 5.41) is 1.67. The van der Waals surface area contributed by atoms with Crippen LogP contribution in [-0.2, 0) is 29.6 Å². The second kappa shape index (κ2) is 10.4. The summed E-state index contributed by atoms with van der Waals surface area (Å²) >= 11 is 6.62. The van der Waals surface area contributed by atoms with Crippen molar-refractivity contribution >= 4 is 45.4 Å². The van der Waals surface area contributed by atoms with Gasteiger partial charge in [0, 0.05) is 63.0 Å². The van der Waals surface area contributed by atoms with Gasteiger partial charge in [-0.25, -0.2) is 0 Å². The minimum atomic E-state index is -0.445. The number of nitrogens with one attached hydrogen (secondary N) is 2. The zero-order chi connectivity index (χ0) is 29.1. The molecule has 2 N–H and O–H groups in total. The highest BCUT2D eigenvalue weighted by atomic mass is 35.5. The molecule has 41 heavy (non-hydrogen) atoms. The van der Waals surface area contributed by atoms with Crippen LogP contribution in [-0.4, -0.2) is 55.8 Å². The lowest BCUT2D eigenvalue weighted by Gasteiger charge is -2.34. The molecule has 4 aromatic rings. The lowest BCUT2D eigenvalue weighted by Crippen LogP contribution is -2.43. The van der Waals surface area contributed by atoms with E-state index in [1.807, 2.05) is 58.1 Å². The Labute approximate surface area is 244 Å². The minimum Gasteiger partial charge on any atom is -0.360 e. The Morgan fingerprint density at radius 2 is 1.88 bits per heavy atom. The highest BCUT2D eigenvalue weighted by Gasteiger charge is 2.36.